The topological polar surface area (TPSA) is 56.4 Å². The SMILES string of the molecule is O=C(Nc1ccccc1)Nc1cccc2c1CCN(CC1CCNCC1)C2. The molecule has 27 heavy (non-hydrogen) atoms. The van der Waals surface area contributed by atoms with Crippen LogP contribution in [-0.2, 0) is 13.0 Å². The molecule has 2 aromatic carbocycles. The molecule has 1 saturated heterocycles. The quantitative estimate of drug-likeness (QED) is 0.776. The van der Waals surface area contributed by atoms with E-state index in [9.17, 15) is 4.79 Å². The van der Waals surface area contributed by atoms with Crippen molar-refractivity contribution >= 4 is 17.4 Å². The maximum Gasteiger partial charge on any atom is 0.323 e. The van der Waals surface area contributed by atoms with E-state index in [1.165, 1.54) is 30.5 Å². The van der Waals surface area contributed by atoms with E-state index >= 15 is 0 Å². The summed E-state index contributed by atoms with van der Waals surface area (Å²) >= 11 is 0. The van der Waals surface area contributed by atoms with Gasteiger partial charge in [-0.3, -0.25) is 4.90 Å². The highest BCUT2D eigenvalue weighted by Gasteiger charge is 2.22. The number of nitrogens with one attached hydrogen (secondary N) is 3. The fourth-order valence-corrected chi connectivity index (χ4v) is 4.18. The highest BCUT2D eigenvalue weighted by Crippen LogP contribution is 2.27. The number of benzene rings is 2. The van der Waals surface area contributed by atoms with Gasteiger partial charge in [0.1, 0.15) is 0 Å². The summed E-state index contributed by atoms with van der Waals surface area (Å²) in [6, 6.07) is 15.6. The minimum atomic E-state index is -0.188. The molecule has 0 radical (unpaired) electrons. The zero-order chi connectivity index (χ0) is 18.5. The van der Waals surface area contributed by atoms with Gasteiger partial charge in [-0.25, -0.2) is 4.79 Å². The lowest BCUT2D eigenvalue weighted by molar-refractivity contribution is 0.191. The van der Waals surface area contributed by atoms with Crippen LogP contribution in [0, 0.1) is 5.92 Å². The Bertz CT molecular complexity index is 771. The standard InChI is InChI=1S/C22H28N4O/c27-22(24-19-6-2-1-3-7-19)25-21-8-4-5-18-16-26(14-11-20(18)21)15-17-9-12-23-13-10-17/h1-8,17,23H,9-16H2,(H2,24,25,27). The number of para-hydroxylation sites is 1. The van der Waals surface area contributed by atoms with E-state index in [0.717, 1.165) is 49.9 Å². The van der Waals surface area contributed by atoms with Gasteiger partial charge >= 0.3 is 6.03 Å². The Kier molecular flexibility index (Phi) is 5.70. The lowest BCUT2D eigenvalue weighted by Crippen LogP contribution is -2.38. The van der Waals surface area contributed by atoms with Crippen LogP contribution >= 0.6 is 0 Å². The third kappa shape index (κ3) is 4.67. The molecule has 2 aliphatic rings. The molecule has 3 N–H and O–H groups in total. The summed E-state index contributed by atoms with van der Waals surface area (Å²) in [6.45, 7) is 5.54. The first-order valence-corrected chi connectivity index (χ1v) is 9.95. The summed E-state index contributed by atoms with van der Waals surface area (Å²) in [5.74, 6) is 0.811. The van der Waals surface area contributed by atoms with Gasteiger partial charge in [-0.05, 0) is 67.6 Å². The van der Waals surface area contributed by atoms with Crippen LogP contribution in [-0.4, -0.2) is 37.1 Å². The average molecular weight is 364 g/mol. The Hall–Kier alpha value is -2.37. The molecular weight excluding hydrogens is 336 g/mol. The fourth-order valence-electron chi connectivity index (χ4n) is 4.18. The van der Waals surface area contributed by atoms with Gasteiger partial charge in [-0.15, -0.1) is 0 Å². The van der Waals surface area contributed by atoms with Crippen molar-refractivity contribution in [2.75, 3.05) is 36.8 Å². The third-order valence-electron chi connectivity index (χ3n) is 5.60. The molecule has 2 aromatic rings. The van der Waals surface area contributed by atoms with Crippen LogP contribution in [0.15, 0.2) is 48.5 Å². The second-order valence-corrected chi connectivity index (χ2v) is 7.57. The molecule has 0 aromatic heterocycles. The summed E-state index contributed by atoms with van der Waals surface area (Å²) in [5, 5.41) is 9.38. The number of rotatable bonds is 4. The minimum absolute atomic E-state index is 0.188. The van der Waals surface area contributed by atoms with Gasteiger partial charge < -0.3 is 16.0 Å². The second-order valence-electron chi connectivity index (χ2n) is 7.57. The van der Waals surface area contributed by atoms with E-state index in [0.29, 0.717) is 0 Å². The molecular formula is C22H28N4O. The molecule has 0 atom stereocenters. The Balaban J connectivity index is 1.38. The Morgan fingerprint density at radius 1 is 1.04 bits per heavy atom. The number of carbonyl (C=O) groups is 1. The van der Waals surface area contributed by atoms with E-state index in [2.05, 4.69) is 26.9 Å². The molecule has 4 rings (SSSR count). The van der Waals surface area contributed by atoms with Crippen LogP contribution in [0.3, 0.4) is 0 Å². The summed E-state index contributed by atoms with van der Waals surface area (Å²) in [7, 11) is 0. The fraction of sp³-hybridized carbons (Fsp3) is 0.409. The number of nitrogens with zero attached hydrogens (tertiary/aromatic N) is 1. The summed E-state index contributed by atoms with van der Waals surface area (Å²) in [5.41, 5.74) is 4.35. The number of anilines is 2. The molecule has 1 fully saturated rings. The lowest BCUT2D eigenvalue weighted by atomic mass is 9.94. The minimum Gasteiger partial charge on any atom is -0.317 e. The van der Waals surface area contributed by atoms with Crippen LogP contribution in [0.1, 0.15) is 24.0 Å². The number of carbonyl (C=O) groups excluding carboxylic acids is 1. The first kappa shape index (κ1) is 18.0. The lowest BCUT2D eigenvalue weighted by Gasteiger charge is -2.34. The number of hydrogen-bond acceptors (Lipinski definition) is 3. The molecule has 0 bridgehead atoms. The highest BCUT2D eigenvalue weighted by atomic mass is 16.2. The third-order valence-corrected chi connectivity index (χ3v) is 5.60. The van der Waals surface area contributed by atoms with Gasteiger partial charge in [-0.1, -0.05) is 30.3 Å². The Labute approximate surface area is 161 Å². The molecule has 0 aliphatic carbocycles. The van der Waals surface area contributed by atoms with Gasteiger partial charge in [0.25, 0.3) is 0 Å². The van der Waals surface area contributed by atoms with E-state index in [1.54, 1.807) is 0 Å². The smallest absolute Gasteiger partial charge is 0.317 e. The Morgan fingerprint density at radius 3 is 2.67 bits per heavy atom. The van der Waals surface area contributed by atoms with Crippen molar-refractivity contribution in [2.24, 2.45) is 5.92 Å². The zero-order valence-corrected chi connectivity index (χ0v) is 15.7. The van der Waals surface area contributed by atoms with Crippen molar-refractivity contribution in [1.29, 1.82) is 0 Å². The van der Waals surface area contributed by atoms with Crippen molar-refractivity contribution in [3.05, 3.63) is 59.7 Å². The molecule has 2 amide bonds. The van der Waals surface area contributed by atoms with Crippen molar-refractivity contribution in [3.8, 4) is 0 Å². The molecule has 2 heterocycles. The molecule has 2 aliphatic heterocycles. The van der Waals surface area contributed by atoms with Crippen LogP contribution < -0.4 is 16.0 Å². The van der Waals surface area contributed by atoms with Crippen LogP contribution in [0.5, 0.6) is 0 Å². The van der Waals surface area contributed by atoms with Gasteiger partial charge in [0, 0.05) is 31.0 Å². The number of hydrogen-bond donors (Lipinski definition) is 3. The van der Waals surface area contributed by atoms with Gasteiger partial charge in [0.15, 0.2) is 0 Å². The first-order valence-electron chi connectivity index (χ1n) is 9.95. The maximum atomic E-state index is 12.4. The largest absolute Gasteiger partial charge is 0.323 e. The molecule has 0 unspecified atom stereocenters. The van der Waals surface area contributed by atoms with E-state index in [4.69, 9.17) is 0 Å². The van der Waals surface area contributed by atoms with Crippen molar-refractivity contribution < 1.29 is 4.79 Å². The molecule has 0 saturated carbocycles. The maximum absolute atomic E-state index is 12.4. The summed E-state index contributed by atoms with van der Waals surface area (Å²) in [4.78, 5) is 14.9. The molecule has 0 spiro atoms. The Morgan fingerprint density at radius 2 is 1.85 bits per heavy atom. The van der Waals surface area contributed by atoms with Gasteiger partial charge in [-0.2, -0.15) is 0 Å². The molecule has 5 nitrogen and oxygen atoms in total. The van der Waals surface area contributed by atoms with Crippen LogP contribution in [0.4, 0.5) is 16.2 Å². The second kappa shape index (κ2) is 8.55. The monoisotopic (exact) mass is 364 g/mol. The van der Waals surface area contributed by atoms with E-state index in [-0.39, 0.29) is 6.03 Å². The zero-order valence-electron chi connectivity index (χ0n) is 15.7. The number of urea groups is 1. The first-order chi connectivity index (χ1) is 13.3. The number of amides is 2. The van der Waals surface area contributed by atoms with Gasteiger partial charge in [0.05, 0.1) is 0 Å². The predicted molar refractivity (Wildman–Crippen MR) is 110 cm³/mol. The highest BCUT2D eigenvalue weighted by molar-refractivity contribution is 6.00. The van der Waals surface area contributed by atoms with Crippen molar-refractivity contribution in [2.45, 2.75) is 25.8 Å². The summed E-state index contributed by atoms with van der Waals surface area (Å²) in [6.07, 6.45) is 3.55. The predicted octanol–water partition coefficient (Wildman–Crippen LogP) is 3.69. The van der Waals surface area contributed by atoms with Crippen LogP contribution in [0.25, 0.3) is 0 Å². The van der Waals surface area contributed by atoms with Gasteiger partial charge in [0.2, 0.25) is 0 Å². The number of piperidine rings is 1. The van der Waals surface area contributed by atoms with E-state index in [1.807, 2.05) is 42.5 Å². The molecule has 5 heteroatoms. The summed E-state index contributed by atoms with van der Waals surface area (Å²) < 4.78 is 0. The molecule has 142 valence electrons. The van der Waals surface area contributed by atoms with E-state index < -0.39 is 0 Å². The number of fused-ring (bicyclic) bond motifs is 1. The normalized spacial score (nSPS) is 17.9. The van der Waals surface area contributed by atoms with Crippen molar-refractivity contribution in [1.82, 2.24) is 10.2 Å². The average Bonchev–Trinajstić information content (AvgIpc) is 2.69. The van der Waals surface area contributed by atoms with Crippen molar-refractivity contribution in [3.63, 3.8) is 0 Å². The van der Waals surface area contributed by atoms with Crippen LogP contribution in [0.2, 0.25) is 0 Å².